The molecule has 152 valence electrons. The van der Waals surface area contributed by atoms with Crippen LogP contribution in [0, 0.1) is 11.3 Å². The number of nitrogens with one attached hydrogen (secondary N) is 1. The number of hydrogen-bond donors (Lipinski definition) is 1. The number of rotatable bonds is 8. The average molecular weight is 378 g/mol. The molecule has 1 aliphatic rings. The van der Waals surface area contributed by atoms with Crippen LogP contribution in [0.3, 0.4) is 0 Å². The third-order valence-electron chi connectivity index (χ3n) is 6.20. The van der Waals surface area contributed by atoms with Crippen LogP contribution in [0.15, 0.2) is 12.1 Å². The number of hydrogen-bond acceptors (Lipinski definition) is 4. The second-order valence-corrected chi connectivity index (χ2v) is 8.17. The topological polar surface area (TPSA) is 56.8 Å². The van der Waals surface area contributed by atoms with Gasteiger partial charge in [-0.25, -0.2) is 0 Å². The van der Waals surface area contributed by atoms with Gasteiger partial charge in [0.25, 0.3) is 0 Å². The normalized spacial score (nSPS) is 20.1. The summed E-state index contributed by atoms with van der Waals surface area (Å²) >= 11 is 0. The van der Waals surface area contributed by atoms with Gasteiger partial charge in [0.15, 0.2) is 11.5 Å². The summed E-state index contributed by atoms with van der Waals surface area (Å²) in [7, 11) is 4.73. The minimum Gasteiger partial charge on any atom is -0.493 e. The number of methoxy groups -OCH3 is 3. The van der Waals surface area contributed by atoms with E-state index in [-0.39, 0.29) is 11.9 Å². The van der Waals surface area contributed by atoms with E-state index >= 15 is 0 Å². The van der Waals surface area contributed by atoms with Gasteiger partial charge in [0, 0.05) is 6.04 Å². The molecule has 0 bridgehead atoms. The van der Waals surface area contributed by atoms with Gasteiger partial charge in [0.2, 0.25) is 11.7 Å². The standard InChI is InChI=1S/C22H35NO4/c1-7-22(2,3)16-8-10-17(11-9-16)23-20(24)14-15-12-18(25-4)21(27-6)19(13-15)26-5/h12-13,16-17H,7-11,14H2,1-6H3,(H,23,24). The number of amides is 1. The summed E-state index contributed by atoms with van der Waals surface area (Å²) in [6.45, 7) is 6.99. The summed E-state index contributed by atoms with van der Waals surface area (Å²) in [6.07, 6.45) is 6.02. The molecular weight excluding hydrogens is 342 g/mol. The third kappa shape index (κ3) is 5.30. The molecule has 1 amide bonds. The quantitative estimate of drug-likeness (QED) is 0.731. The summed E-state index contributed by atoms with van der Waals surface area (Å²) in [6, 6.07) is 3.95. The molecule has 0 aliphatic heterocycles. The fraction of sp³-hybridized carbons (Fsp3) is 0.682. The Bertz CT molecular complexity index is 608. The van der Waals surface area contributed by atoms with Gasteiger partial charge in [-0.15, -0.1) is 0 Å². The zero-order valence-electron chi connectivity index (χ0n) is 17.7. The first-order valence-corrected chi connectivity index (χ1v) is 9.92. The smallest absolute Gasteiger partial charge is 0.224 e. The Morgan fingerprint density at radius 2 is 1.59 bits per heavy atom. The minimum absolute atomic E-state index is 0.0440. The van der Waals surface area contributed by atoms with Crippen molar-refractivity contribution in [3.05, 3.63) is 17.7 Å². The van der Waals surface area contributed by atoms with Crippen LogP contribution in [0.4, 0.5) is 0 Å². The summed E-state index contributed by atoms with van der Waals surface area (Å²) in [5.74, 6) is 2.48. The van der Waals surface area contributed by atoms with Gasteiger partial charge in [-0.3, -0.25) is 4.79 Å². The van der Waals surface area contributed by atoms with Gasteiger partial charge < -0.3 is 19.5 Å². The molecule has 0 aromatic heterocycles. The van der Waals surface area contributed by atoms with Gasteiger partial charge in [0.1, 0.15) is 0 Å². The Balaban J connectivity index is 1.95. The van der Waals surface area contributed by atoms with E-state index in [0.717, 1.165) is 24.3 Å². The van der Waals surface area contributed by atoms with Crippen molar-refractivity contribution >= 4 is 5.91 Å². The van der Waals surface area contributed by atoms with Crippen molar-refractivity contribution in [3.63, 3.8) is 0 Å². The predicted molar refractivity (Wildman–Crippen MR) is 108 cm³/mol. The van der Waals surface area contributed by atoms with Crippen LogP contribution in [-0.4, -0.2) is 33.3 Å². The van der Waals surface area contributed by atoms with Gasteiger partial charge in [-0.05, 0) is 54.7 Å². The first-order chi connectivity index (χ1) is 12.8. The molecule has 1 aromatic carbocycles. The van der Waals surface area contributed by atoms with E-state index in [1.54, 1.807) is 21.3 Å². The van der Waals surface area contributed by atoms with Gasteiger partial charge in [0.05, 0.1) is 27.8 Å². The van der Waals surface area contributed by atoms with E-state index < -0.39 is 0 Å². The first kappa shape index (κ1) is 21.4. The van der Waals surface area contributed by atoms with Crippen molar-refractivity contribution < 1.29 is 19.0 Å². The molecular formula is C22H35NO4. The lowest BCUT2D eigenvalue weighted by Gasteiger charge is -2.39. The fourth-order valence-electron chi connectivity index (χ4n) is 4.01. The van der Waals surface area contributed by atoms with Crippen LogP contribution < -0.4 is 19.5 Å². The number of ether oxygens (including phenoxy) is 3. The molecule has 5 heteroatoms. The Labute approximate surface area is 163 Å². The van der Waals surface area contributed by atoms with Crippen molar-refractivity contribution in [2.45, 2.75) is 65.3 Å². The lowest BCUT2D eigenvalue weighted by atomic mass is 9.69. The molecule has 2 rings (SSSR count). The van der Waals surface area contributed by atoms with Crippen molar-refractivity contribution in [2.24, 2.45) is 11.3 Å². The Hall–Kier alpha value is -1.91. The molecule has 1 saturated carbocycles. The second-order valence-electron chi connectivity index (χ2n) is 8.17. The summed E-state index contributed by atoms with van der Waals surface area (Å²) in [5, 5.41) is 3.21. The molecule has 1 N–H and O–H groups in total. The average Bonchev–Trinajstić information content (AvgIpc) is 2.67. The van der Waals surface area contributed by atoms with E-state index in [9.17, 15) is 4.79 Å². The van der Waals surface area contributed by atoms with Gasteiger partial charge in [-0.1, -0.05) is 27.2 Å². The van der Waals surface area contributed by atoms with Crippen LogP contribution in [0.1, 0.15) is 58.4 Å². The summed E-state index contributed by atoms with van der Waals surface area (Å²) < 4.78 is 16.1. The van der Waals surface area contributed by atoms with E-state index in [4.69, 9.17) is 14.2 Å². The van der Waals surface area contributed by atoms with E-state index in [1.165, 1.54) is 19.3 Å². The molecule has 0 heterocycles. The maximum Gasteiger partial charge on any atom is 0.224 e. The van der Waals surface area contributed by atoms with Gasteiger partial charge in [-0.2, -0.15) is 0 Å². The van der Waals surface area contributed by atoms with E-state index in [1.807, 2.05) is 12.1 Å². The zero-order chi connectivity index (χ0) is 20.0. The molecule has 0 radical (unpaired) electrons. The summed E-state index contributed by atoms with van der Waals surface area (Å²) in [4.78, 5) is 12.5. The van der Waals surface area contributed by atoms with Gasteiger partial charge >= 0.3 is 0 Å². The van der Waals surface area contributed by atoms with Crippen LogP contribution >= 0.6 is 0 Å². The monoisotopic (exact) mass is 377 g/mol. The largest absolute Gasteiger partial charge is 0.493 e. The van der Waals surface area contributed by atoms with Crippen molar-refractivity contribution in [1.82, 2.24) is 5.32 Å². The zero-order valence-corrected chi connectivity index (χ0v) is 17.7. The predicted octanol–water partition coefficient (Wildman–Crippen LogP) is 4.37. The number of benzene rings is 1. The van der Waals surface area contributed by atoms with Crippen molar-refractivity contribution in [3.8, 4) is 17.2 Å². The Kier molecular flexibility index (Phi) is 7.40. The Morgan fingerprint density at radius 3 is 2.04 bits per heavy atom. The van der Waals surface area contributed by atoms with Crippen LogP contribution in [0.25, 0.3) is 0 Å². The minimum atomic E-state index is 0.0440. The molecule has 0 atom stereocenters. The highest BCUT2D eigenvalue weighted by atomic mass is 16.5. The van der Waals surface area contributed by atoms with E-state index in [0.29, 0.717) is 29.1 Å². The molecule has 5 nitrogen and oxygen atoms in total. The number of carbonyl (C=O) groups is 1. The SMILES string of the molecule is CCC(C)(C)C1CCC(NC(=O)Cc2cc(OC)c(OC)c(OC)c2)CC1. The van der Waals surface area contributed by atoms with Crippen LogP contribution in [0.5, 0.6) is 17.2 Å². The number of carbonyl (C=O) groups excluding carboxylic acids is 1. The van der Waals surface area contributed by atoms with Crippen molar-refractivity contribution in [2.75, 3.05) is 21.3 Å². The van der Waals surface area contributed by atoms with Crippen molar-refractivity contribution in [1.29, 1.82) is 0 Å². The molecule has 27 heavy (non-hydrogen) atoms. The third-order valence-corrected chi connectivity index (χ3v) is 6.20. The highest BCUT2D eigenvalue weighted by Gasteiger charge is 2.32. The molecule has 1 fully saturated rings. The molecule has 1 aromatic rings. The maximum atomic E-state index is 12.5. The highest BCUT2D eigenvalue weighted by molar-refractivity contribution is 5.79. The molecule has 0 unspecified atom stereocenters. The molecule has 0 spiro atoms. The second kappa shape index (κ2) is 9.34. The highest BCUT2D eigenvalue weighted by Crippen LogP contribution is 2.40. The molecule has 1 aliphatic carbocycles. The molecule has 0 saturated heterocycles. The van der Waals surface area contributed by atoms with E-state index in [2.05, 4.69) is 26.1 Å². The Morgan fingerprint density at radius 1 is 1.04 bits per heavy atom. The summed E-state index contributed by atoms with van der Waals surface area (Å²) in [5.41, 5.74) is 1.24. The van der Waals surface area contributed by atoms with Crippen LogP contribution in [-0.2, 0) is 11.2 Å². The lowest BCUT2D eigenvalue weighted by molar-refractivity contribution is -0.121. The maximum absolute atomic E-state index is 12.5. The first-order valence-electron chi connectivity index (χ1n) is 9.92. The lowest BCUT2D eigenvalue weighted by Crippen LogP contribution is -2.40. The fourth-order valence-corrected chi connectivity index (χ4v) is 4.01. The van der Waals surface area contributed by atoms with Crippen LogP contribution in [0.2, 0.25) is 0 Å².